The largest absolute Gasteiger partial charge is 0.493 e. The molecule has 2 aromatic heterocycles. The number of ether oxygens (including phenoxy) is 2. The molecule has 1 fully saturated rings. The molecule has 9 heteroatoms. The van der Waals surface area contributed by atoms with E-state index in [0.29, 0.717) is 24.0 Å². The number of nitrogens with one attached hydrogen (secondary N) is 1. The van der Waals surface area contributed by atoms with Gasteiger partial charge >= 0.3 is 0 Å². The summed E-state index contributed by atoms with van der Waals surface area (Å²) >= 11 is 0. The van der Waals surface area contributed by atoms with Gasteiger partial charge in [-0.2, -0.15) is 4.98 Å². The number of aromatic nitrogens is 4. The molecule has 3 aromatic rings. The Morgan fingerprint density at radius 1 is 1.11 bits per heavy atom. The molecule has 3 heterocycles. The molecule has 35 heavy (non-hydrogen) atoms. The van der Waals surface area contributed by atoms with Crippen LogP contribution in [-0.4, -0.2) is 52.2 Å². The van der Waals surface area contributed by atoms with Crippen molar-refractivity contribution in [2.75, 3.05) is 25.7 Å². The van der Waals surface area contributed by atoms with Gasteiger partial charge in [0.05, 0.1) is 19.9 Å². The maximum absolute atomic E-state index is 13.5. The number of anilines is 1. The van der Waals surface area contributed by atoms with Crippen LogP contribution in [0.5, 0.6) is 11.5 Å². The Labute approximate surface area is 206 Å². The molecule has 0 spiro atoms. The van der Waals surface area contributed by atoms with E-state index in [1.807, 2.05) is 30.5 Å². The van der Waals surface area contributed by atoms with Crippen LogP contribution < -0.4 is 19.7 Å². The first-order valence-corrected chi connectivity index (χ1v) is 12.1. The highest BCUT2D eigenvalue weighted by molar-refractivity contribution is 5.85. The smallest absolute Gasteiger partial charge is 0.243 e. The number of nitrogens with zero attached hydrogens (tertiary/aromatic N) is 5. The van der Waals surface area contributed by atoms with Gasteiger partial charge in [-0.15, -0.1) is 0 Å². The zero-order valence-electron chi connectivity index (χ0n) is 20.9. The third kappa shape index (κ3) is 5.72. The molecule has 0 aliphatic carbocycles. The summed E-state index contributed by atoms with van der Waals surface area (Å²) in [5.74, 6) is 2.87. The van der Waals surface area contributed by atoms with Gasteiger partial charge < -0.3 is 19.7 Å². The van der Waals surface area contributed by atoms with E-state index < -0.39 is 0 Å². The van der Waals surface area contributed by atoms with Crippen molar-refractivity contribution >= 4 is 11.7 Å². The molecule has 1 aliphatic heterocycles. The topological polar surface area (TPSA) is 94.4 Å². The van der Waals surface area contributed by atoms with Crippen molar-refractivity contribution in [3.63, 3.8) is 0 Å². The number of methoxy groups -OCH3 is 2. The van der Waals surface area contributed by atoms with Crippen molar-refractivity contribution in [2.45, 2.75) is 58.0 Å². The highest BCUT2D eigenvalue weighted by Crippen LogP contribution is 2.28. The fourth-order valence-electron chi connectivity index (χ4n) is 4.33. The Morgan fingerprint density at radius 3 is 2.66 bits per heavy atom. The quantitative estimate of drug-likeness (QED) is 0.525. The van der Waals surface area contributed by atoms with Crippen LogP contribution in [0.2, 0.25) is 0 Å². The highest BCUT2D eigenvalue weighted by Gasteiger charge is 2.29. The van der Waals surface area contributed by atoms with Crippen LogP contribution in [0.4, 0.5) is 5.82 Å². The van der Waals surface area contributed by atoms with Gasteiger partial charge in [0.1, 0.15) is 18.2 Å². The van der Waals surface area contributed by atoms with Gasteiger partial charge in [-0.1, -0.05) is 32.8 Å². The predicted molar refractivity (Wildman–Crippen MR) is 134 cm³/mol. The van der Waals surface area contributed by atoms with E-state index in [2.05, 4.69) is 29.0 Å². The van der Waals surface area contributed by atoms with Crippen molar-refractivity contribution in [1.82, 2.24) is 24.8 Å². The summed E-state index contributed by atoms with van der Waals surface area (Å²) in [6, 6.07) is 7.39. The minimum Gasteiger partial charge on any atom is -0.493 e. The third-order valence-electron chi connectivity index (χ3n) is 6.31. The molecule has 0 bridgehead atoms. The summed E-state index contributed by atoms with van der Waals surface area (Å²) in [5.41, 5.74) is 1.88. The lowest BCUT2D eigenvalue weighted by molar-refractivity contribution is -0.122. The second-order valence-corrected chi connectivity index (χ2v) is 9.04. The number of imidazole rings is 1. The van der Waals surface area contributed by atoms with Crippen molar-refractivity contribution in [3.8, 4) is 17.4 Å². The second-order valence-electron chi connectivity index (χ2n) is 9.04. The van der Waals surface area contributed by atoms with E-state index in [4.69, 9.17) is 19.4 Å². The van der Waals surface area contributed by atoms with Gasteiger partial charge in [-0.25, -0.2) is 9.97 Å². The first-order valence-electron chi connectivity index (χ1n) is 12.1. The van der Waals surface area contributed by atoms with Crippen LogP contribution in [-0.2, 0) is 11.3 Å². The van der Waals surface area contributed by atoms with Crippen molar-refractivity contribution in [1.29, 1.82) is 0 Å². The molecule has 0 radical (unpaired) electrons. The van der Waals surface area contributed by atoms with E-state index in [0.717, 1.165) is 49.3 Å². The number of hydrogen-bond acceptors (Lipinski definition) is 7. The average molecular weight is 479 g/mol. The fourth-order valence-corrected chi connectivity index (χ4v) is 4.33. The van der Waals surface area contributed by atoms with Gasteiger partial charge in [-0.05, 0) is 36.5 Å². The zero-order valence-corrected chi connectivity index (χ0v) is 20.9. The SMILES string of the molecule is COc1ccc(CNC(=O)C2CCCCCN2c2cc(C(C)C)nc(-n3ccnc3)n2)cc1OC. The first kappa shape index (κ1) is 24.5. The van der Waals surface area contributed by atoms with Gasteiger partial charge in [0, 0.05) is 31.5 Å². The fraction of sp³-hybridized carbons (Fsp3) is 0.462. The lowest BCUT2D eigenvalue weighted by Crippen LogP contribution is -2.47. The first-order chi connectivity index (χ1) is 17.0. The molecule has 0 saturated carbocycles. The Kier molecular flexibility index (Phi) is 7.84. The van der Waals surface area contributed by atoms with Gasteiger partial charge in [0.15, 0.2) is 11.5 Å². The molecule has 1 saturated heterocycles. The highest BCUT2D eigenvalue weighted by atomic mass is 16.5. The second kappa shape index (κ2) is 11.2. The molecule has 1 aromatic carbocycles. The van der Waals surface area contributed by atoms with Crippen LogP contribution >= 0.6 is 0 Å². The van der Waals surface area contributed by atoms with E-state index in [9.17, 15) is 4.79 Å². The van der Waals surface area contributed by atoms with Gasteiger partial charge in [0.25, 0.3) is 0 Å². The summed E-state index contributed by atoms with van der Waals surface area (Å²) < 4.78 is 12.5. The van der Waals surface area contributed by atoms with Gasteiger partial charge in [0.2, 0.25) is 11.9 Å². The number of benzene rings is 1. The van der Waals surface area contributed by atoms with Crippen LogP contribution in [0.3, 0.4) is 0 Å². The third-order valence-corrected chi connectivity index (χ3v) is 6.31. The summed E-state index contributed by atoms with van der Waals surface area (Å²) in [4.78, 5) is 29.3. The monoisotopic (exact) mass is 478 g/mol. The maximum atomic E-state index is 13.5. The summed E-state index contributed by atoms with van der Waals surface area (Å²) in [5, 5.41) is 3.13. The molecule has 4 rings (SSSR count). The molecule has 186 valence electrons. The summed E-state index contributed by atoms with van der Waals surface area (Å²) in [6.07, 6.45) is 9.12. The average Bonchev–Trinajstić information content (AvgIpc) is 3.31. The molecule has 1 atom stereocenters. The molecule has 1 amide bonds. The standard InChI is InChI=1S/C26H34N6O3/c1-18(2)20-15-24(30-26(29-20)31-13-11-27-17-31)32-12-7-5-6-8-21(32)25(33)28-16-19-9-10-22(34-3)23(14-19)35-4/h9-11,13-15,17-18,21H,5-8,12,16H2,1-4H3,(H,28,33). The molecule has 9 nitrogen and oxygen atoms in total. The van der Waals surface area contributed by atoms with Crippen LogP contribution in [0.15, 0.2) is 43.0 Å². The minimum atomic E-state index is -0.303. The number of carbonyl (C=O) groups is 1. The van der Waals surface area contributed by atoms with E-state index in [1.165, 1.54) is 0 Å². The summed E-state index contributed by atoms with van der Waals surface area (Å²) in [6.45, 7) is 5.40. The summed E-state index contributed by atoms with van der Waals surface area (Å²) in [7, 11) is 3.21. The molecule has 1 unspecified atom stereocenters. The molecular weight excluding hydrogens is 444 g/mol. The minimum absolute atomic E-state index is 0.00410. The number of rotatable bonds is 8. The Bertz CT molecular complexity index is 1130. The maximum Gasteiger partial charge on any atom is 0.243 e. The Morgan fingerprint density at radius 2 is 1.94 bits per heavy atom. The Balaban J connectivity index is 1.58. The normalized spacial score (nSPS) is 16.1. The molecular formula is C26H34N6O3. The number of carbonyl (C=O) groups excluding carboxylic acids is 1. The van der Waals surface area contributed by atoms with Crippen molar-refractivity contribution in [3.05, 3.63) is 54.2 Å². The lowest BCUT2D eigenvalue weighted by Gasteiger charge is -2.31. The van der Waals surface area contributed by atoms with E-state index in [1.54, 1.807) is 31.3 Å². The van der Waals surface area contributed by atoms with Crippen molar-refractivity contribution < 1.29 is 14.3 Å². The zero-order chi connectivity index (χ0) is 24.8. The van der Waals surface area contributed by atoms with E-state index in [-0.39, 0.29) is 17.9 Å². The molecule has 1 aliphatic rings. The predicted octanol–water partition coefficient (Wildman–Crippen LogP) is 3.87. The Hall–Kier alpha value is -3.62. The van der Waals surface area contributed by atoms with Crippen LogP contribution in [0, 0.1) is 0 Å². The van der Waals surface area contributed by atoms with Crippen LogP contribution in [0.25, 0.3) is 5.95 Å². The number of amides is 1. The molecule has 1 N–H and O–H groups in total. The van der Waals surface area contributed by atoms with Crippen molar-refractivity contribution in [2.24, 2.45) is 0 Å². The van der Waals surface area contributed by atoms with E-state index >= 15 is 0 Å². The van der Waals surface area contributed by atoms with Crippen LogP contribution in [0.1, 0.15) is 56.7 Å². The number of hydrogen-bond donors (Lipinski definition) is 1. The lowest BCUT2D eigenvalue weighted by atomic mass is 10.1. The van der Waals surface area contributed by atoms with Gasteiger partial charge in [-0.3, -0.25) is 9.36 Å².